The Morgan fingerprint density at radius 3 is 2.36 bits per heavy atom. The lowest BCUT2D eigenvalue weighted by atomic mass is 10.2. The van der Waals surface area contributed by atoms with E-state index in [1.807, 2.05) is 0 Å². The number of hydrogen-bond acceptors (Lipinski definition) is 3. The first kappa shape index (κ1) is 10.5. The molecule has 0 radical (unpaired) electrons. The summed E-state index contributed by atoms with van der Waals surface area (Å²) >= 11 is 0. The van der Waals surface area contributed by atoms with Gasteiger partial charge in [-0.2, -0.15) is 0 Å². The molecule has 1 aromatic heterocycles. The topological polar surface area (TPSA) is 48.3 Å². The number of ketones is 1. The van der Waals surface area contributed by atoms with Crippen LogP contribution in [0.4, 0.5) is 0 Å². The lowest BCUT2D eigenvalue weighted by Gasteiger charge is -2.03. The summed E-state index contributed by atoms with van der Waals surface area (Å²) in [5.74, 6) is -0.483. The zero-order chi connectivity index (χ0) is 10.9. The molecule has 4 nitrogen and oxygen atoms in total. The number of rotatable bonds is 2. The maximum Gasteiger partial charge on any atom is 0.354 e. The fourth-order valence-corrected chi connectivity index (χ4v) is 1.57. The van der Waals surface area contributed by atoms with Gasteiger partial charge < -0.3 is 9.30 Å². The Morgan fingerprint density at radius 2 is 2.00 bits per heavy atom. The number of aromatic nitrogens is 1. The number of ether oxygens (including phenoxy) is 1. The van der Waals surface area contributed by atoms with Crippen LogP contribution in [-0.4, -0.2) is 23.4 Å². The van der Waals surface area contributed by atoms with Crippen LogP contribution >= 0.6 is 0 Å². The zero-order valence-corrected chi connectivity index (χ0v) is 8.75. The molecular formula is C10H13NO3. The summed E-state index contributed by atoms with van der Waals surface area (Å²) < 4.78 is 6.15. The predicted octanol–water partition coefficient (Wildman–Crippen LogP) is 1.32. The van der Waals surface area contributed by atoms with Crippen LogP contribution in [0.15, 0.2) is 6.07 Å². The number of carbonyl (C=O) groups excluding carboxylic acids is 2. The SMILES string of the molecule is COC(=O)c1cc(C)c(C(C)=O)n1C. The van der Waals surface area contributed by atoms with Gasteiger partial charge in [-0.05, 0) is 18.6 Å². The van der Waals surface area contributed by atoms with E-state index in [0.29, 0.717) is 11.4 Å². The molecule has 0 aromatic carbocycles. The average molecular weight is 195 g/mol. The fourth-order valence-electron chi connectivity index (χ4n) is 1.57. The van der Waals surface area contributed by atoms with E-state index in [0.717, 1.165) is 5.56 Å². The molecule has 1 aromatic rings. The highest BCUT2D eigenvalue weighted by Crippen LogP contribution is 2.15. The van der Waals surface area contributed by atoms with Gasteiger partial charge in [0.25, 0.3) is 0 Å². The Labute approximate surface area is 82.5 Å². The molecule has 0 aliphatic carbocycles. The van der Waals surface area contributed by atoms with Gasteiger partial charge in [0, 0.05) is 14.0 Å². The zero-order valence-electron chi connectivity index (χ0n) is 8.75. The van der Waals surface area contributed by atoms with E-state index >= 15 is 0 Å². The molecule has 0 saturated heterocycles. The number of Topliss-reactive ketones (excluding diaryl/α,β-unsaturated/α-hetero) is 1. The first-order chi connectivity index (χ1) is 6.49. The number of hydrogen-bond donors (Lipinski definition) is 0. The quantitative estimate of drug-likeness (QED) is 0.528. The second-order valence-corrected chi connectivity index (χ2v) is 3.17. The van der Waals surface area contributed by atoms with Gasteiger partial charge in [-0.25, -0.2) is 4.79 Å². The van der Waals surface area contributed by atoms with E-state index in [2.05, 4.69) is 4.74 Å². The third-order valence-electron chi connectivity index (χ3n) is 2.15. The van der Waals surface area contributed by atoms with Crippen molar-refractivity contribution in [1.29, 1.82) is 0 Å². The lowest BCUT2D eigenvalue weighted by molar-refractivity contribution is 0.0590. The minimum atomic E-state index is -0.428. The van der Waals surface area contributed by atoms with Gasteiger partial charge in [0.05, 0.1) is 12.8 Å². The van der Waals surface area contributed by atoms with Gasteiger partial charge >= 0.3 is 5.97 Å². The number of aryl methyl sites for hydroxylation is 1. The highest BCUT2D eigenvalue weighted by molar-refractivity contribution is 5.97. The number of carbonyl (C=O) groups is 2. The maximum atomic E-state index is 11.3. The summed E-state index contributed by atoms with van der Waals surface area (Å²) in [5, 5.41) is 0. The van der Waals surface area contributed by atoms with Crippen LogP contribution in [0.5, 0.6) is 0 Å². The fraction of sp³-hybridized carbons (Fsp3) is 0.400. The third-order valence-corrected chi connectivity index (χ3v) is 2.15. The van der Waals surface area contributed by atoms with Crippen LogP contribution < -0.4 is 0 Å². The Kier molecular flexibility index (Phi) is 2.74. The summed E-state index contributed by atoms with van der Waals surface area (Å²) in [5.41, 5.74) is 1.74. The van der Waals surface area contributed by atoms with Crippen molar-refractivity contribution in [3.8, 4) is 0 Å². The molecule has 0 aliphatic rings. The van der Waals surface area contributed by atoms with Crippen LogP contribution in [0.25, 0.3) is 0 Å². The van der Waals surface area contributed by atoms with Crippen molar-refractivity contribution in [2.24, 2.45) is 7.05 Å². The van der Waals surface area contributed by atoms with Crippen LogP contribution in [-0.2, 0) is 11.8 Å². The van der Waals surface area contributed by atoms with Crippen LogP contribution in [0, 0.1) is 6.92 Å². The molecule has 0 unspecified atom stereocenters. The number of methoxy groups -OCH3 is 1. The molecule has 0 bridgehead atoms. The third kappa shape index (κ3) is 1.55. The van der Waals surface area contributed by atoms with Gasteiger partial charge in [-0.1, -0.05) is 0 Å². The minimum Gasteiger partial charge on any atom is -0.464 e. The van der Waals surface area contributed by atoms with Crippen LogP contribution in [0.1, 0.15) is 33.5 Å². The van der Waals surface area contributed by atoms with Crippen molar-refractivity contribution < 1.29 is 14.3 Å². The van der Waals surface area contributed by atoms with Crippen molar-refractivity contribution in [2.45, 2.75) is 13.8 Å². The van der Waals surface area contributed by atoms with Crippen molar-refractivity contribution in [2.75, 3.05) is 7.11 Å². The molecule has 76 valence electrons. The molecule has 0 amide bonds. The Balaban J connectivity index is 3.30. The maximum absolute atomic E-state index is 11.3. The summed E-state index contributed by atoms with van der Waals surface area (Å²) in [4.78, 5) is 22.5. The Morgan fingerprint density at radius 1 is 1.43 bits per heavy atom. The van der Waals surface area contributed by atoms with Crippen LogP contribution in [0.2, 0.25) is 0 Å². The van der Waals surface area contributed by atoms with Gasteiger partial charge in [0.1, 0.15) is 5.69 Å². The van der Waals surface area contributed by atoms with Crippen molar-refractivity contribution in [1.82, 2.24) is 4.57 Å². The van der Waals surface area contributed by atoms with Gasteiger partial charge in [-0.3, -0.25) is 4.79 Å². The first-order valence-electron chi connectivity index (χ1n) is 4.24. The molecule has 1 rings (SSSR count). The molecular weight excluding hydrogens is 182 g/mol. The van der Waals surface area contributed by atoms with E-state index in [1.165, 1.54) is 14.0 Å². The molecule has 14 heavy (non-hydrogen) atoms. The van der Waals surface area contributed by atoms with E-state index in [9.17, 15) is 9.59 Å². The summed E-state index contributed by atoms with van der Waals surface area (Å²) in [6.45, 7) is 3.27. The summed E-state index contributed by atoms with van der Waals surface area (Å²) in [6.07, 6.45) is 0. The Bertz CT molecular complexity index is 390. The first-order valence-corrected chi connectivity index (χ1v) is 4.24. The number of esters is 1. The molecule has 4 heteroatoms. The van der Waals surface area contributed by atoms with E-state index in [-0.39, 0.29) is 5.78 Å². The summed E-state index contributed by atoms with van der Waals surface area (Å²) in [7, 11) is 2.99. The highest BCUT2D eigenvalue weighted by atomic mass is 16.5. The smallest absolute Gasteiger partial charge is 0.354 e. The van der Waals surface area contributed by atoms with Crippen molar-refractivity contribution in [3.05, 3.63) is 23.0 Å². The molecule has 0 atom stereocenters. The largest absolute Gasteiger partial charge is 0.464 e. The molecule has 0 saturated carbocycles. The molecule has 0 aliphatic heterocycles. The highest BCUT2D eigenvalue weighted by Gasteiger charge is 2.18. The van der Waals surface area contributed by atoms with E-state index in [1.54, 1.807) is 24.6 Å². The van der Waals surface area contributed by atoms with Gasteiger partial charge in [0.2, 0.25) is 0 Å². The number of nitrogens with zero attached hydrogens (tertiary/aromatic N) is 1. The second-order valence-electron chi connectivity index (χ2n) is 3.17. The Hall–Kier alpha value is -1.58. The molecule has 0 fully saturated rings. The van der Waals surface area contributed by atoms with E-state index in [4.69, 9.17) is 0 Å². The van der Waals surface area contributed by atoms with Gasteiger partial charge in [0.15, 0.2) is 5.78 Å². The molecule has 0 N–H and O–H groups in total. The minimum absolute atomic E-state index is 0.0554. The van der Waals surface area contributed by atoms with Crippen molar-refractivity contribution >= 4 is 11.8 Å². The summed E-state index contributed by atoms with van der Waals surface area (Å²) in [6, 6.07) is 1.66. The van der Waals surface area contributed by atoms with Gasteiger partial charge in [-0.15, -0.1) is 0 Å². The van der Waals surface area contributed by atoms with E-state index < -0.39 is 5.97 Å². The van der Waals surface area contributed by atoms with Crippen molar-refractivity contribution in [3.63, 3.8) is 0 Å². The van der Waals surface area contributed by atoms with Crippen LogP contribution in [0.3, 0.4) is 0 Å². The predicted molar refractivity (Wildman–Crippen MR) is 51.5 cm³/mol. The molecule has 1 heterocycles. The lowest BCUT2D eigenvalue weighted by Crippen LogP contribution is -2.11. The average Bonchev–Trinajstić information content (AvgIpc) is 2.40. The molecule has 0 spiro atoms. The normalized spacial score (nSPS) is 10.0. The second kappa shape index (κ2) is 3.65. The standard InChI is InChI=1S/C10H13NO3/c1-6-5-8(10(13)14-4)11(3)9(6)7(2)12/h5H,1-4H3. The monoisotopic (exact) mass is 195 g/mol.